The predicted octanol–water partition coefficient (Wildman–Crippen LogP) is 8.01. The SMILES string of the molecule is Cn1cc2cc1C(c1ccccc1)=C1C=NC(=C1)C(c1ccccc1)=c1ccc([nH]1)=C(c1ccccc1)C1=NC(=C2c2ccccc2)C=C1. The fourth-order valence-electron chi connectivity index (χ4n) is 7.14. The van der Waals surface area contributed by atoms with Gasteiger partial charge in [-0.1, -0.05) is 121 Å². The fourth-order valence-corrected chi connectivity index (χ4v) is 7.14. The van der Waals surface area contributed by atoms with Crippen molar-refractivity contribution in [3.63, 3.8) is 0 Å². The van der Waals surface area contributed by atoms with Crippen molar-refractivity contribution in [3.05, 3.63) is 225 Å². The zero-order valence-electron chi connectivity index (χ0n) is 27.0. The van der Waals surface area contributed by atoms with Crippen molar-refractivity contribution in [3.8, 4) is 0 Å². The molecule has 4 heteroatoms. The molecule has 9 rings (SSSR count). The van der Waals surface area contributed by atoms with E-state index in [9.17, 15) is 0 Å². The minimum atomic E-state index is 0.913. The Hall–Kier alpha value is -6.52. The molecule has 0 unspecified atom stereocenters. The van der Waals surface area contributed by atoms with Crippen molar-refractivity contribution >= 4 is 34.2 Å². The molecule has 0 fully saturated rings. The molecule has 49 heavy (non-hydrogen) atoms. The van der Waals surface area contributed by atoms with E-state index in [-0.39, 0.29) is 0 Å². The molecule has 3 aliphatic heterocycles. The topological polar surface area (TPSA) is 45.4 Å². The standard InChI is InChI=1S/C45H32N4/c1-49-29-35-27-41(49)43(31-16-8-3-9-17-31)34-26-40(46-28-34)45(33-20-12-5-13-21-33)39-25-24-38(48-39)44(32-18-10-4-11-19-32)37-23-22-36(47-37)42(35)30-14-6-2-7-15-30/h2-29,48H,1H3. The van der Waals surface area contributed by atoms with E-state index in [2.05, 4.69) is 181 Å². The highest BCUT2D eigenvalue weighted by molar-refractivity contribution is 6.30. The summed E-state index contributed by atoms with van der Waals surface area (Å²) in [6.45, 7) is 0. The van der Waals surface area contributed by atoms with Crippen LogP contribution in [-0.2, 0) is 7.05 Å². The average molecular weight is 629 g/mol. The summed E-state index contributed by atoms with van der Waals surface area (Å²) >= 11 is 0. The molecule has 0 spiro atoms. The second-order valence-electron chi connectivity index (χ2n) is 12.4. The van der Waals surface area contributed by atoms with Gasteiger partial charge in [-0.05, 0) is 58.7 Å². The lowest BCUT2D eigenvalue weighted by molar-refractivity contribution is 0.908. The number of aromatic nitrogens is 2. The van der Waals surface area contributed by atoms with Crippen molar-refractivity contribution in [2.45, 2.75) is 0 Å². The van der Waals surface area contributed by atoms with Gasteiger partial charge in [0, 0.05) is 69.3 Å². The van der Waals surface area contributed by atoms with Crippen molar-refractivity contribution in [2.24, 2.45) is 17.0 Å². The first-order valence-corrected chi connectivity index (χ1v) is 16.6. The van der Waals surface area contributed by atoms with Crippen LogP contribution in [0.4, 0.5) is 0 Å². The van der Waals surface area contributed by atoms with Crippen LogP contribution < -0.4 is 10.7 Å². The Morgan fingerprint density at radius 2 is 1.06 bits per heavy atom. The molecule has 0 saturated heterocycles. The second kappa shape index (κ2) is 11.9. The maximum atomic E-state index is 5.39. The summed E-state index contributed by atoms with van der Waals surface area (Å²) in [5.41, 5.74) is 14.8. The van der Waals surface area contributed by atoms with Crippen LogP contribution in [0.2, 0.25) is 0 Å². The molecule has 0 atom stereocenters. The first kappa shape index (κ1) is 28.7. The van der Waals surface area contributed by atoms with E-state index in [4.69, 9.17) is 9.98 Å². The Bertz CT molecular complexity index is 2550. The lowest BCUT2D eigenvalue weighted by atomic mass is 9.94. The van der Waals surface area contributed by atoms with Crippen LogP contribution >= 0.6 is 0 Å². The number of nitrogens with one attached hydrogen (secondary N) is 1. The van der Waals surface area contributed by atoms with Gasteiger partial charge in [0.1, 0.15) is 0 Å². The molecule has 3 aliphatic rings. The van der Waals surface area contributed by atoms with Crippen LogP contribution in [0.25, 0.3) is 22.3 Å². The summed E-state index contributed by atoms with van der Waals surface area (Å²) < 4.78 is 2.23. The number of aromatic amines is 1. The summed E-state index contributed by atoms with van der Waals surface area (Å²) in [7, 11) is 2.13. The van der Waals surface area contributed by atoms with Gasteiger partial charge in [-0.15, -0.1) is 0 Å². The van der Waals surface area contributed by atoms with Gasteiger partial charge < -0.3 is 9.55 Å². The predicted molar refractivity (Wildman–Crippen MR) is 201 cm³/mol. The van der Waals surface area contributed by atoms with E-state index >= 15 is 0 Å². The molecular weight excluding hydrogens is 597 g/mol. The Labute approximate surface area is 285 Å². The highest BCUT2D eigenvalue weighted by atomic mass is 14.9. The van der Waals surface area contributed by atoms with Crippen LogP contribution in [0.15, 0.2) is 191 Å². The third-order valence-corrected chi connectivity index (χ3v) is 9.36. The number of fused-ring (bicyclic) bond motifs is 6. The number of H-pyrrole nitrogens is 1. The molecule has 232 valence electrons. The number of hydrogen-bond donors (Lipinski definition) is 1. The van der Waals surface area contributed by atoms with Crippen molar-refractivity contribution in [1.29, 1.82) is 0 Å². The van der Waals surface area contributed by atoms with Gasteiger partial charge in [-0.3, -0.25) is 4.99 Å². The van der Waals surface area contributed by atoms with Crippen LogP contribution in [0.5, 0.6) is 0 Å². The third kappa shape index (κ3) is 5.11. The molecule has 6 aromatic rings. The summed E-state index contributed by atoms with van der Waals surface area (Å²) in [4.78, 5) is 14.3. The molecule has 2 aromatic heterocycles. The minimum absolute atomic E-state index is 0.913. The van der Waals surface area contributed by atoms with E-state index in [1.165, 1.54) is 0 Å². The highest BCUT2D eigenvalue weighted by Crippen LogP contribution is 2.38. The van der Waals surface area contributed by atoms with Crippen LogP contribution in [0.1, 0.15) is 33.5 Å². The lowest BCUT2D eigenvalue weighted by Crippen LogP contribution is -2.19. The first-order valence-electron chi connectivity index (χ1n) is 16.6. The van der Waals surface area contributed by atoms with Crippen LogP contribution in [-0.4, -0.2) is 21.5 Å². The number of aliphatic imine (C=N–C) groups is 2. The van der Waals surface area contributed by atoms with Crippen LogP contribution in [0, 0.1) is 0 Å². The quantitative estimate of drug-likeness (QED) is 0.206. The molecule has 0 radical (unpaired) electrons. The molecule has 5 heterocycles. The maximum Gasteiger partial charge on any atom is 0.0737 e. The van der Waals surface area contributed by atoms with Gasteiger partial charge in [0.15, 0.2) is 0 Å². The first-order chi connectivity index (χ1) is 24.2. The largest absolute Gasteiger partial charge is 0.354 e. The third-order valence-electron chi connectivity index (χ3n) is 9.36. The van der Waals surface area contributed by atoms with Gasteiger partial charge in [-0.2, -0.15) is 0 Å². The number of benzene rings is 4. The maximum absolute atomic E-state index is 5.39. The van der Waals surface area contributed by atoms with E-state index in [1.807, 2.05) is 6.21 Å². The van der Waals surface area contributed by atoms with Gasteiger partial charge in [0.25, 0.3) is 0 Å². The summed E-state index contributed by atoms with van der Waals surface area (Å²) in [6, 6.07) is 48.9. The van der Waals surface area contributed by atoms with Gasteiger partial charge >= 0.3 is 0 Å². The normalized spacial score (nSPS) is 15.3. The monoisotopic (exact) mass is 628 g/mol. The molecule has 4 aromatic carbocycles. The van der Waals surface area contributed by atoms with Crippen LogP contribution in [0.3, 0.4) is 0 Å². The zero-order valence-corrected chi connectivity index (χ0v) is 27.0. The highest BCUT2D eigenvalue weighted by Gasteiger charge is 2.24. The molecule has 8 bridgehead atoms. The zero-order chi connectivity index (χ0) is 32.7. The molecule has 0 aliphatic carbocycles. The number of aryl methyl sites for hydroxylation is 1. The Morgan fingerprint density at radius 3 is 1.67 bits per heavy atom. The second-order valence-corrected chi connectivity index (χ2v) is 12.4. The van der Waals surface area contributed by atoms with Crippen molar-refractivity contribution in [2.75, 3.05) is 0 Å². The summed E-state index contributed by atoms with van der Waals surface area (Å²) in [5.74, 6) is 0. The van der Waals surface area contributed by atoms with Crippen molar-refractivity contribution in [1.82, 2.24) is 9.55 Å². The van der Waals surface area contributed by atoms with Gasteiger partial charge in [0.05, 0.1) is 17.1 Å². The fraction of sp³-hybridized carbons (Fsp3) is 0.0222. The number of hydrogen-bond acceptors (Lipinski definition) is 2. The molecular formula is C45H32N4. The molecule has 1 N–H and O–H groups in total. The summed E-state index contributed by atoms with van der Waals surface area (Å²) in [5, 5.41) is 2.00. The minimum Gasteiger partial charge on any atom is -0.354 e. The Morgan fingerprint density at radius 1 is 0.531 bits per heavy atom. The Balaban J connectivity index is 1.44. The number of nitrogens with zero attached hydrogens (tertiary/aromatic N) is 3. The number of rotatable bonds is 4. The average Bonchev–Trinajstić information content (AvgIpc) is 3.98. The lowest BCUT2D eigenvalue weighted by Gasteiger charge is -2.12. The molecule has 0 amide bonds. The molecule has 4 nitrogen and oxygen atoms in total. The number of allylic oxidation sites excluding steroid dienone is 5. The van der Waals surface area contributed by atoms with E-state index in [0.717, 1.165) is 89.2 Å². The van der Waals surface area contributed by atoms with E-state index in [0.29, 0.717) is 0 Å². The van der Waals surface area contributed by atoms with E-state index in [1.54, 1.807) is 0 Å². The Kier molecular flexibility index (Phi) is 6.98. The smallest absolute Gasteiger partial charge is 0.0737 e. The van der Waals surface area contributed by atoms with Gasteiger partial charge in [-0.25, -0.2) is 4.99 Å². The van der Waals surface area contributed by atoms with Crippen molar-refractivity contribution < 1.29 is 0 Å². The van der Waals surface area contributed by atoms with E-state index < -0.39 is 0 Å². The van der Waals surface area contributed by atoms with Gasteiger partial charge in [0.2, 0.25) is 0 Å². The summed E-state index contributed by atoms with van der Waals surface area (Å²) in [6.07, 6.45) is 10.8. The molecule has 0 saturated carbocycles.